The Morgan fingerprint density at radius 1 is 0.926 bits per heavy atom. The van der Waals surface area contributed by atoms with Crippen molar-refractivity contribution in [3.63, 3.8) is 0 Å². The highest BCUT2D eigenvalue weighted by Crippen LogP contribution is 2.21. The number of Topliss-reactive ketones (excluding diaryl/α,β-unsaturated/α-hetero) is 1. The van der Waals surface area contributed by atoms with E-state index in [9.17, 15) is 9.59 Å². The van der Waals surface area contributed by atoms with Crippen LogP contribution >= 0.6 is 0 Å². The van der Waals surface area contributed by atoms with Gasteiger partial charge in [-0.2, -0.15) is 0 Å². The van der Waals surface area contributed by atoms with E-state index in [-0.39, 0.29) is 11.7 Å². The number of ether oxygens (including phenoxy) is 1. The predicted octanol–water partition coefficient (Wildman–Crippen LogP) is 5.03. The van der Waals surface area contributed by atoms with Crippen LogP contribution in [-0.2, 0) is 6.61 Å². The third-order valence-corrected chi connectivity index (χ3v) is 4.16. The Kier molecular flexibility index (Phi) is 5.67. The molecule has 27 heavy (non-hydrogen) atoms. The number of ketones is 1. The van der Waals surface area contributed by atoms with Gasteiger partial charge in [0.1, 0.15) is 12.4 Å². The second-order valence-corrected chi connectivity index (χ2v) is 6.36. The van der Waals surface area contributed by atoms with Crippen molar-refractivity contribution in [2.24, 2.45) is 0 Å². The van der Waals surface area contributed by atoms with Crippen molar-refractivity contribution < 1.29 is 14.3 Å². The van der Waals surface area contributed by atoms with Gasteiger partial charge in [0, 0.05) is 11.3 Å². The maximum Gasteiger partial charge on any atom is 0.259 e. The first kappa shape index (κ1) is 18.4. The first-order valence-electron chi connectivity index (χ1n) is 8.72. The van der Waals surface area contributed by atoms with Crippen molar-refractivity contribution in [2.45, 2.75) is 20.5 Å². The highest BCUT2D eigenvalue weighted by molar-refractivity contribution is 6.06. The second kappa shape index (κ2) is 8.32. The molecule has 0 bridgehead atoms. The minimum absolute atomic E-state index is 0.0113. The molecule has 0 aliphatic heterocycles. The summed E-state index contributed by atoms with van der Waals surface area (Å²) in [6.07, 6.45) is 0. The van der Waals surface area contributed by atoms with Crippen LogP contribution in [0.3, 0.4) is 0 Å². The lowest BCUT2D eigenvalue weighted by Gasteiger charge is -2.12. The summed E-state index contributed by atoms with van der Waals surface area (Å²) in [6.45, 7) is 3.93. The number of rotatable bonds is 6. The standard InChI is InChI=1S/C23H21NO3/c1-16-6-5-7-18(14-16)15-27-22-9-4-3-8-21(22)23(26)24-20-12-10-19(11-13-20)17(2)25/h3-14H,15H2,1-2H3,(H,24,26). The number of carbonyl (C=O) groups excluding carboxylic acids is 2. The summed E-state index contributed by atoms with van der Waals surface area (Å²) in [5.41, 5.74) is 3.90. The van der Waals surface area contributed by atoms with Gasteiger partial charge in [-0.15, -0.1) is 0 Å². The van der Waals surface area contributed by atoms with Crippen LogP contribution in [-0.4, -0.2) is 11.7 Å². The number of aryl methyl sites for hydroxylation is 1. The van der Waals surface area contributed by atoms with E-state index in [4.69, 9.17) is 4.74 Å². The molecule has 4 heteroatoms. The Balaban J connectivity index is 1.72. The predicted molar refractivity (Wildman–Crippen MR) is 106 cm³/mol. The lowest BCUT2D eigenvalue weighted by atomic mass is 10.1. The van der Waals surface area contributed by atoms with E-state index in [1.165, 1.54) is 6.92 Å². The lowest BCUT2D eigenvalue weighted by Crippen LogP contribution is -2.13. The number of hydrogen-bond donors (Lipinski definition) is 1. The van der Waals surface area contributed by atoms with Crippen LogP contribution in [0.5, 0.6) is 5.75 Å². The Morgan fingerprint density at radius 3 is 2.37 bits per heavy atom. The van der Waals surface area contributed by atoms with Gasteiger partial charge in [-0.3, -0.25) is 9.59 Å². The molecule has 0 atom stereocenters. The molecule has 0 unspecified atom stereocenters. The summed E-state index contributed by atoms with van der Waals surface area (Å²) in [7, 11) is 0. The summed E-state index contributed by atoms with van der Waals surface area (Å²) in [5, 5.41) is 2.84. The molecule has 0 radical (unpaired) electrons. The van der Waals surface area contributed by atoms with E-state index < -0.39 is 0 Å². The molecule has 0 aromatic heterocycles. The minimum atomic E-state index is -0.259. The van der Waals surface area contributed by atoms with Crippen molar-refractivity contribution in [3.8, 4) is 5.75 Å². The van der Waals surface area contributed by atoms with Crippen LogP contribution in [0.2, 0.25) is 0 Å². The first-order chi connectivity index (χ1) is 13.0. The van der Waals surface area contributed by atoms with E-state index >= 15 is 0 Å². The molecule has 0 heterocycles. The van der Waals surface area contributed by atoms with Crippen molar-refractivity contribution in [2.75, 3.05) is 5.32 Å². The molecule has 1 amide bonds. The maximum absolute atomic E-state index is 12.7. The van der Waals surface area contributed by atoms with Gasteiger partial charge in [-0.25, -0.2) is 0 Å². The molecule has 0 aliphatic carbocycles. The Bertz CT molecular complexity index is 961. The molecule has 3 aromatic rings. The van der Waals surface area contributed by atoms with E-state index in [1.54, 1.807) is 42.5 Å². The van der Waals surface area contributed by atoms with Crippen LogP contribution in [0.15, 0.2) is 72.8 Å². The molecule has 136 valence electrons. The largest absolute Gasteiger partial charge is 0.488 e. The van der Waals surface area contributed by atoms with Crippen molar-refractivity contribution in [1.29, 1.82) is 0 Å². The van der Waals surface area contributed by atoms with Gasteiger partial charge >= 0.3 is 0 Å². The van der Waals surface area contributed by atoms with E-state index in [0.717, 1.165) is 11.1 Å². The van der Waals surface area contributed by atoms with E-state index in [1.807, 2.05) is 31.2 Å². The molecule has 3 aromatic carbocycles. The van der Waals surface area contributed by atoms with Crippen LogP contribution in [0, 0.1) is 6.92 Å². The molecule has 3 rings (SSSR count). The number of anilines is 1. The Morgan fingerprint density at radius 2 is 1.67 bits per heavy atom. The summed E-state index contributed by atoms with van der Waals surface area (Å²) in [5.74, 6) is 0.255. The summed E-state index contributed by atoms with van der Waals surface area (Å²) >= 11 is 0. The Hall–Kier alpha value is -3.40. The van der Waals surface area contributed by atoms with Crippen LogP contribution in [0.1, 0.15) is 38.8 Å². The average molecular weight is 359 g/mol. The Labute approximate surface area is 158 Å². The number of nitrogens with one attached hydrogen (secondary N) is 1. The molecule has 0 fully saturated rings. The van der Waals surface area contributed by atoms with Gasteiger partial charge in [0.15, 0.2) is 5.78 Å². The van der Waals surface area contributed by atoms with Crippen LogP contribution in [0.4, 0.5) is 5.69 Å². The van der Waals surface area contributed by atoms with Gasteiger partial charge < -0.3 is 10.1 Å². The van der Waals surface area contributed by atoms with Gasteiger partial charge in [0.05, 0.1) is 5.56 Å². The summed E-state index contributed by atoms with van der Waals surface area (Å²) in [6, 6.07) is 22.0. The van der Waals surface area contributed by atoms with Gasteiger partial charge in [0.2, 0.25) is 0 Å². The van der Waals surface area contributed by atoms with Gasteiger partial charge in [-0.05, 0) is 55.8 Å². The lowest BCUT2D eigenvalue weighted by molar-refractivity contribution is 0.101. The van der Waals surface area contributed by atoms with Crippen LogP contribution in [0.25, 0.3) is 0 Å². The number of amides is 1. The molecule has 0 saturated heterocycles. The zero-order valence-corrected chi connectivity index (χ0v) is 15.4. The number of carbonyl (C=O) groups is 2. The zero-order valence-electron chi connectivity index (χ0n) is 15.4. The fourth-order valence-corrected chi connectivity index (χ4v) is 2.73. The monoisotopic (exact) mass is 359 g/mol. The van der Waals surface area contributed by atoms with E-state index in [0.29, 0.717) is 29.2 Å². The molecular weight excluding hydrogens is 338 g/mol. The molecule has 1 N–H and O–H groups in total. The highest BCUT2D eigenvalue weighted by Gasteiger charge is 2.13. The van der Waals surface area contributed by atoms with Crippen molar-refractivity contribution >= 4 is 17.4 Å². The molecule has 0 aliphatic rings. The smallest absolute Gasteiger partial charge is 0.259 e. The zero-order chi connectivity index (χ0) is 19.2. The number of hydrogen-bond acceptors (Lipinski definition) is 3. The summed E-state index contributed by atoms with van der Waals surface area (Å²) < 4.78 is 5.88. The minimum Gasteiger partial charge on any atom is -0.488 e. The molecular formula is C23H21NO3. The quantitative estimate of drug-likeness (QED) is 0.628. The summed E-state index contributed by atoms with van der Waals surface area (Å²) in [4.78, 5) is 24.0. The van der Waals surface area contributed by atoms with Gasteiger partial charge in [-0.1, -0.05) is 42.0 Å². The first-order valence-corrected chi connectivity index (χ1v) is 8.72. The molecule has 0 saturated carbocycles. The topological polar surface area (TPSA) is 55.4 Å². The third-order valence-electron chi connectivity index (χ3n) is 4.16. The van der Waals surface area contributed by atoms with Crippen molar-refractivity contribution in [1.82, 2.24) is 0 Å². The molecule has 0 spiro atoms. The normalized spacial score (nSPS) is 10.3. The average Bonchev–Trinajstić information content (AvgIpc) is 2.67. The highest BCUT2D eigenvalue weighted by atomic mass is 16.5. The van der Waals surface area contributed by atoms with Gasteiger partial charge in [0.25, 0.3) is 5.91 Å². The second-order valence-electron chi connectivity index (χ2n) is 6.36. The third kappa shape index (κ3) is 4.82. The number of benzene rings is 3. The maximum atomic E-state index is 12.7. The fourth-order valence-electron chi connectivity index (χ4n) is 2.73. The van der Waals surface area contributed by atoms with Crippen LogP contribution < -0.4 is 10.1 Å². The SMILES string of the molecule is CC(=O)c1ccc(NC(=O)c2ccccc2OCc2cccc(C)c2)cc1. The van der Waals surface area contributed by atoms with Crippen molar-refractivity contribution in [3.05, 3.63) is 95.1 Å². The van der Waals surface area contributed by atoms with E-state index in [2.05, 4.69) is 11.4 Å². The number of para-hydroxylation sites is 1. The molecule has 4 nitrogen and oxygen atoms in total. The fraction of sp³-hybridized carbons (Fsp3) is 0.130.